The molecule has 126 valence electrons. The van der Waals surface area contributed by atoms with Gasteiger partial charge in [0.25, 0.3) is 0 Å². The summed E-state index contributed by atoms with van der Waals surface area (Å²) < 4.78 is 1.65. The fourth-order valence-corrected chi connectivity index (χ4v) is 2.80. The second kappa shape index (κ2) is 7.76. The third kappa shape index (κ3) is 3.95. The first-order chi connectivity index (χ1) is 12.2. The van der Waals surface area contributed by atoms with Crippen molar-refractivity contribution in [1.82, 2.24) is 14.9 Å². The molecule has 1 N–H and O–H groups in total. The summed E-state index contributed by atoms with van der Waals surface area (Å²) in [5, 5.41) is 22.7. The number of hydrogen-bond donors (Lipinski definition) is 1. The zero-order valence-electron chi connectivity index (χ0n) is 13.5. The molecule has 0 saturated carbocycles. The minimum Gasteiger partial charge on any atom is -0.478 e. The molecule has 0 aliphatic carbocycles. The zero-order chi connectivity index (χ0) is 17.6. The summed E-state index contributed by atoms with van der Waals surface area (Å²) in [5.74, 6) is -0.292. The lowest BCUT2D eigenvalue weighted by atomic mass is 10.1. The van der Waals surface area contributed by atoms with E-state index in [1.54, 1.807) is 28.9 Å². The van der Waals surface area contributed by atoms with Gasteiger partial charge in [0.15, 0.2) is 5.82 Å². The van der Waals surface area contributed by atoms with Crippen LogP contribution in [0.5, 0.6) is 0 Å². The molecule has 0 radical (unpaired) electrons. The lowest BCUT2D eigenvalue weighted by Gasteiger charge is -2.04. The molecule has 0 aliphatic rings. The van der Waals surface area contributed by atoms with Crippen LogP contribution in [0.25, 0.3) is 0 Å². The summed E-state index contributed by atoms with van der Waals surface area (Å²) >= 11 is 1.43. The van der Waals surface area contributed by atoms with Gasteiger partial charge in [-0.1, -0.05) is 60.3 Å². The Bertz CT molecular complexity index is 906. The summed E-state index contributed by atoms with van der Waals surface area (Å²) in [6.45, 7) is 0. The van der Waals surface area contributed by atoms with Gasteiger partial charge in [-0.15, -0.1) is 10.2 Å². The van der Waals surface area contributed by atoms with Gasteiger partial charge in [0.05, 0.1) is 11.8 Å². The molecule has 0 aliphatic heterocycles. The summed E-state index contributed by atoms with van der Waals surface area (Å²) in [4.78, 5) is 11.3. The largest absolute Gasteiger partial charge is 0.478 e. The van der Waals surface area contributed by atoms with Crippen LogP contribution in [0.15, 0.2) is 64.9 Å². The summed E-state index contributed by atoms with van der Waals surface area (Å²) in [6, 6.07) is 16.7. The van der Waals surface area contributed by atoms with E-state index in [-0.39, 0.29) is 5.56 Å². The molecule has 25 heavy (non-hydrogen) atoms. The van der Waals surface area contributed by atoms with Crippen molar-refractivity contribution in [3.8, 4) is 0 Å². The molecule has 3 aromatic rings. The Morgan fingerprint density at radius 2 is 1.88 bits per heavy atom. The molecule has 0 saturated heterocycles. The average Bonchev–Trinajstić information content (AvgIpc) is 3.02. The van der Waals surface area contributed by atoms with Gasteiger partial charge in [-0.25, -0.2) is 4.79 Å². The minimum atomic E-state index is -0.986. The van der Waals surface area contributed by atoms with E-state index < -0.39 is 5.97 Å². The number of carboxylic acid groups (broad SMARTS) is 1. The molecule has 7 heteroatoms. The zero-order valence-corrected chi connectivity index (χ0v) is 14.3. The molecule has 1 aromatic heterocycles. The molecule has 3 rings (SSSR count). The van der Waals surface area contributed by atoms with Gasteiger partial charge in [-0.3, -0.25) is 0 Å². The highest BCUT2D eigenvalue weighted by molar-refractivity contribution is 7.98. The molecular weight excluding hydrogens is 336 g/mol. The van der Waals surface area contributed by atoms with E-state index >= 15 is 0 Å². The van der Waals surface area contributed by atoms with Crippen LogP contribution in [0.4, 0.5) is 0 Å². The van der Waals surface area contributed by atoms with Gasteiger partial charge in [0, 0.05) is 12.0 Å². The lowest BCUT2D eigenvalue weighted by molar-refractivity contribution is 0.0697. The van der Waals surface area contributed by atoms with E-state index in [0.29, 0.717) is 23.0 Å². The minimum absolute atomic E-state index is 0.203. The maximum atomic E-state index is 11.3. The standard InChI is InChI=1S/C18H16N4O2S/c1-25-18-21-20-16(11-13-7-3-2-4-8-13)22(18)19-12-14-9-5-6-10-15(14)17(23)24/h2-10,12H,11H2,1H3,(H,23,24)/b19-12-. The highest BCUT2D eigenvalue weighted by Crippen LogP contribution is 2.16. The normalized spacial score (nSPS) is 11.1. The Kier molecular flexibility index (Phi) is 5.25. The van der Waals surface area contributed by atoms with E-state index in [9.17, 15) is 9.90 Å². The van der Waals surface area contributed by atoms with Crippen LogP contribution in [0, 0.1) is 0 Å². The van der Waals surface area contributed by atoms with Crippen molar-refractivity contribution >= 4 is 23.9 Å². The van der Waals surface area contributed by atoms with Crippen molar-refractivity contribution in [1.29, 1.82) is 0 Å². The Morgan fingerprint density at radius 3 is 2.60 bits per heavy atom. The van der Waals surface area contributed by atoms with Gasteiger partial charge >= 0.3 is 5.97 Å². The maximum absolute atomic E-state index is 11.3. The number of aromatic nitrogens is 3. The first-order valence-electron chi connectivity index (χ1n) is 7.58. The smallest absolute Gasteiger partial charge is 0.336 e. The van der Waals surface area contributed by atoms with E-state index in [1.807, 2.05) is 36.6 Å². The highest BCUT2D eigenvalue weighted by atomic mass is 32.2. The quantitative estimate of drug-likeness (QED) is 0.544. The molecule has 0 fully saturated rings. The lowest BCUT2D eigenvalue weighted by Crippen LogP contribution is -2.04. The molecule has 0 spiro atoms. The average molecular weight is 352 g/mol. The van der Waals surface area contributed by atoms with Crippen molar-refractivity contribution in [3.05, 3.63) is 77.1 Å². The van der Waals surface area contributed by atoms with Crippen molar-refractivity contribution in [2.75, 3.05) is 6.26 Å². The molecule has 0 amide bonds. The van der Waals surface area contributed by atoms with E-state index in [4.69, 9.17) is 0 Å². The van der Waals surface area contributed by atoms with Crippen LogP contribution in [-0.2, 0) is 6.42 Å². The maximum Gasteiger partial charge on any atom is 0.336 e. The van der Waals surface area contributed by atoms with Crippen LogP contribution in [0.3, 0.4) is 0 Å². The summed E-state index contributed by atoms with van der Waals surface area (Å²) in [6.07, 6.45) is 4.01. The van der Waals surface area contributed by atoms with E-state index in [2.05, 4.69) is 15.3 Å². The van der Waals surface area contributed by atoms with Gasteiger partial charge < -0.3 is 5.11 Å². The van der Waals surface area contributed by atoms with Gasteiger partial charge in [0.2, 0.25) is 5.16 Å². The van der Waals surface area contributed by atoms with Crippen LogP contribution >= 0.6 is 11.8 Å². The van der Waals surface area contributed by atoms with Crippen molar-refractivity contribution in [3.63, 3.8) is 0 Å². The number of carboxylic acids is 1. The predicted octanol–water partition coefficient (Wildman–Crippen LogP) is 3.17. The number of benzene rings is 2. The molecule has 2 aromatic carbocycles. The third-order valence-electron chi connectivity index (χ3n) is 3.57. The second-order valence-corrected chi connectivity index (χ2v) is 5.99. The highest BCUT2D eigenvalue weighted by Gasteiger charge is 2.12. The monoisotopic (exact) mass is 352 g/mol. The van der Waals surface area contributed by atoms with Gasteiger partial charge in [-0.05, 0) is 17.9 Å². The molecule has 0 unspecified atom stereocenters. The molecule has 0 atom stereocenters. The first-order valence-corrected chi connectivity index (χ1v) is 8.80. The fourth-order valence-electron chi connectivity index (χ4n) is 2.35. The van der Waals surface area contributed by atoms with Crippen molar-refractivity contribution in [2.24, 2.45) is 5.10 Å². The molecule has 1 heterocycles. The number of thioether (sulfide) groups is 1. The number of nitrogens with zero attached hydrogens (tertiary/aromatic N) is 4. The van der Waals surface area contributed by atoms with Crippen LogP contribution in [0.2, 0.25) is 0 Å². The molecular formula is C18H16N4O2S. The summed E-state index contributed by atoms with van der Waals surface area (Å²) in [5.41, 5.74) is 1.83. The number of carbonyl (C=O) groups is 1. The second-order valence-electron chi connectivity index (χ2n) is 5.21. The Labute approximate surface area is 149 Å². The van der Waals surface area contributed by atoms with Crippen LogP contribution < -0.4 is 0 Å². The van der Waals surface area contributed by atoms with Gasteiger partial charge in [-0.2, -0.15) is 9.78 Å². The third-order valence-corrected chi connectivity index (χ3v) is 4.19. The first kappa shape index (κ1) is 16.9. The number of rotatable bonds is 6. The Balaban J connectivity index is 1.94. The topological polar surface area (TPSA) is 80.4 Å². The van der Waals surface area contributed by atoms with Crippen LogP contribution in [0.1, 0.15) is 27.3 Å². The van der Waals surface area contributed by atoms with E-state index in [1.165, 1.54) is 18.0 Å². The van der Waals surface area contributed by atoms with Crippen LogP contribution in [-0.4, -0.2) is 38.4 Å². The molecule has 0 bridgehead atoms. The van der Waals surface area contributed by atoms with Crippen molar-refractivity contribution in [2.45, 2.75) is 11.6 Å². The Morgan fingerprint density at radius 1 is 1.16 bits per heavy atom. The number of hydrogen-bond acceptors (Lipinski definition) is 5. The number of aromatic carboxylic acids is 1. The van der Waals surface area contributed by atoms with Gasteiger partial charge in [0.1, 0.15) is 0 Å². The SMILES string of the molecule is CSc1nnc(Cc2ccccc2)n1/N=C\c1ccccc1C(=O)O. The summed E-state index contributed by atoms with van der Waals surface area (Å²) in [7, 11) is 0. The van der Waals surface area contributed by atoms with Crippen molar-refractivity contribution < 1.29 is 9.90 Å². The van der Waals surface area contributed by atoms with E-state index in [0.717, 1.165) is 5.56 Å². The predicted molar refractivity (Wildman–Crippen MR) is 97.4 cm³/mol. The molecule has 6 nitrogen and oxygen atoms in total. The Hall–Kier alpha value is -2.93. The fraction of sp³-hybridized carbons (Fsp3) is 0.111.